The van der Waals surface area contributed by atoms with Crippen LogP contribution in [0.5, 0.6) is 11.6 Å². The summed E-state index contributed by atoms with van der Waals surface area (Å²) in [6, 6.07) is 7.34. The maximum absolute atomic E-state index is 5.63. The fraction of sp³-hybridized carbons (Fsp3) is 0.0909. The van der Waals surface area contributed by atoms with Crippen molar-refractivity contribution in [2.75, 3.05) is 5.73 Å². The molecule has 1 aromatic heterocycles. The van der Waals surface area contributed by atoms with Crippen LogP contribution in [0, 0.1) is 6.92 Å². The molecule has 6 heteroatoms. The summed E-state index contributed by atoms with van der Waals surface area (Å²) >= 11 is 6.79. The number of aryl methyl sites for hydroxylation is 1. The van der Waals surface area contributed by atoms with E-state index in [0.717, 1.165) is 14.6 Å². The van der Waals surface area contributed by atoms with Crippen molar-refractivity contribution in [3.05, 3.63) is 38.9 Å². The van der Waals surface area contributed by atoms with Gasteiger partial charge in [-0.15, -0.1) is 0 Å². The molecule has 88 valence electrons. The van der Waals surface area contributed by atoms with Crippen LogP contribution in [0.3, 0.4) is 0 Å². The molecule has 0 saturated carbocycles. The lowest BCUT2D eigenvalue weighted by atomic mass is 10.3. The third-order valence-corrected chi connectivity index (χ3v) is 3.07. The van der Waals surface area contributed by atoms with Crippen LogP contribution < -0.4 is 10.5 Å². The molecule has 0 spiro atoms. The van der Waals surface area contributed by atoms with Gasteiger partial charge in [0.05, 0.1) is 4.47 Å². The lowest BCUT2D eigenvalue weighted by molar-refractivity contribution is 0.459. The Balaban J connectivity index is 2.31. The quantitative estimate of drug-likeness (QED) is 0.889. The third kappa shape index (κ3) is 3.17. The Bertz CT molecular complexity index is 540. The van der Waals surface area contributed by atoms with E-state index >= 15 is 0 Å². The zero-order valence-corrected chi connectivity index (χ0v) is 12.1. The highest BCUT2D eigenvalue weighted by Gasteiger charge is 2.06. The number of rotatable bonds is 2. The van der Waals surface area contributed by atoms with E-state index in [-0.39, 0.29) is 5.95 Å². The molecule has 1 heterocycles. The number of ether oxygens (including phenoxy) is 1. The van der Waals surface area contributed by atoms with Crippen LogP contribution in [0.15, 0.2) is 33.2 Å². The number of nitrogen functional groups attached to an aromatic ring is 1. The molecule has 0 atom stereocenters. The number of nitrogens with two attached hydrogens (primary N) is 1. The van der Waals surface area contributed by atoms with E-state index in [1.807, 2.05) is 25.1 Å². The van der Waals surface area contributed by atoms with Crippen LogP contribution in [-0.2, 0) is 0 Å². The van der Waals surface area contributed by atoms with Gasteiger partial charge in [-0.1, -0.05) is 15.9 Å². The lowest BCUT2D eigenvalue weighted by Crippen LogP contribution is -1.98. The van der Waals surface area contributed by atoms with Gasteiger partial charge in [0.1, 0.15) is 5.75 Å². The number of nitrogens with zero attached hydrogens (tertiary/aromatic N) is 2. The monoisotopic (exact) mass is 357 g/mol. The van der Waals surface area contributed by atoms with Gasteiger partial charge < -0.3 is 10.5 Å². The minimum absolute atomic E-state index is 0.202. The Labute approximate surface area is 115 Å². The summed E-state index contributed by atoms with van der Waals surface area (Å²) in [5.41, 5.74) is 6.32. The number of benzene rings is 1. The average Bonchev–Trinajstić information content (AvgIpc) is 2.21. The van der Waals surface area contributed by atoms with Crippen LogP contribution in [0.25, 0.3) is 0 Å². The van der Waals surface area contributed by atoms with Gasteiger partial charge in [0, 0.05) is 16.2 Å². The first-order valence-electron chi connectivity index (χ1n) is 4.78. The second-order valence-electron chi connectivity index (χ2n) is 3.38. The molecular formula is C11H9Br2N3O. The highest BCUT2D eigenvalue weighted by atomic mass is 79.9. The molecule has 0 amide bonds. The summed E-state index contributed by atoms with van der Waals surface area (Å²) in [6.45, 7) is 1.83. The van der Waals surface area contributed by atoms with Gasteiger partial charge in [-0.05, 0) is 41.1 Å². The Morgan fingerprint density at radius 3 is 2.59 bits per heavy atom. The minimum atomic E-state index is 0.202. The van der Waals surface area contributed by atoms with E-state index in [1.165, 1.54) is 0 Å². The minimum Gasteiger partial charge on any atom is -0.438 e. The topological polar surface area (TPSA) is 61.0 Å². The molecule has 2 N–H and O–H groups in total. The van der Waals surface area contributed by atoms with Crippen molar-refractivity contribution in [2.24, 2.45) is 0 Å². The fourth-order valence-corrected chi connectivity index (χ4v) is 2.41. The van der Waals surface area contributed by atoms with Crippen molar-refractivity contribution in [3.8, 4) is 11.6 Å². The maximum Gasteiger partial charge on any atom is 0.224 e. The van der Waals surface area contributed by atoms with Crippen molar-refractivity contribution in [1.29, 1.82) is 0 Å². The molecule has 0 aliphatic heterocycles. The van der Waals surface area contributed by atoms with Gasteiger partial charge in [0.25, 0.3) is 0 Å². The molecular weight excluding hydrogens is 350 g/mol. The largest absolute Gasteiger partial charge is 0.438 e. The van der Waals surface area contributed by atoms with Crippen LogP contribution in [0.2, 0.25) is 0 Å². The van der Waals surface area contributed by atoms with E-state index in [2.05, 4.69) is 41.8 Å². The normalized spacial score (nSPS) is 10.3. The smallest absolute Gasteiger partial charge is 0.224 e. The number of halogens is 2. The zero-order valence-electron chi connectivity index (χ0n) is 8.95. The summed E-state index contributed by atoms with van der Waals surface area (Å²) in [7, 11) is 0. The molecule has 0 bridgehead atoms. The Morgan fingerprint density at radius 1 is 1.18 bits per heavy atom. The first kappa shape index (κ1) is 12.3. The van der Waals surface area contributed by atoms with Gasteiger partial charge in [-0.25, -0.2) is 4.98 Å². The van der Waals surface area contributed by atoms with E-state index in [4.69, 9.17) is 10.5 Å². The van der Waals surface area contributed by atoms with Crippen LogP contribution in [-0.4, -0.2) is 9.97 Å². The fourth-order valence-electron chi connectivity index (χ4n) is 1.28. The molecule has 4 nitrogen and oxygen atoms in total. The highest BCUT2D eigenvalue weighted by molar-refractivity contribution is 9.11. The summed E-state index contributed by atoms with van der Waals surface area (Å²) < 4.78 is 7.43. The summed E-state index contributed by atoms with van der Waals surface area (Å²) in [6.07, 6.45) is 0. The SMILES string of the molecule is Cc1cc(Oc2ccc(Br)cc2Br)nc(N)n1. The van der Waals surface area contributed by atoms with Gasteiger partial charge in [0.2, 0.25) is 11.8 Å². The average molecular weight is 359 g/mol. The summed E-state index contributed by atoms with van der Waals surface area (Å²) in [5.74, 6) is 1.30. The van der Waals surface area contributed by atoms with Gasteiger partial charge >= 0.3 is 0 Å². The molecule has 0 unspecified atom stereocenters. The molecule has 0 aliphatic rings. The molecule has 0 saturated heterocycles. The number of anilines is 1. The van der Waals surface area contributed by atoms with Gasteiger partial charge in [0.15, 0.2) is 0 Å². The summed E-state index contributed by atoms with van der Waals surface area (Å²) in [5, 5.41) is 0. The maximum atomic E-state index is 5.63. The Hall–Kier alpha value is -1.14. The van der Waals surface area contributed by atoms with Crippen LogP contribution in [0.4, 0.5) is 5.95 Å². The van der Waals surface area contributed by atoms with Gasteiger partial charge in [-0.2, -0.15) is 4.98 Å². The van der Waals surface area contributed by atoms with Crippen molar-refractivity contribution in [3.63, 3.8) is 0 Å². The van der Waals surface area contributed by atoms with E-state index in [0.29, 0.717) is 11.6 Å². The van der Waals surface area contributed by atoms with E-state index in [1.54, 1.807) is 6.07 Å². The number of aromatic nitrogens is 2. The molecule has 2 rings (SSSR count). The molecule has 2 aromatic rings. The summed E-state index contributed by atoms with van der Waals surface area (Å²) in [4.78, 5) is 7.98. The number of hydrogen-bond donors (Lipinski definition) is 1. The van der Waals surface area contributed by atoms with E-state index in [9.17, 15) is 0 Å². The molecule has 0 fully saturated rings. The molecule has 17 heavy (non-hydrogen) atoms. The van der Waals surface area contributed by atoms with Crippen LogP contribution in [0.1, 0.15) is 5.69 Å². The predicted molar refractivity (Wildman–Crippen MR) is 73.1 cm³/mol. The second kappa shape index (κ2) is 5.01. The van der Waals surface area contributed by atoms with Gasteiger partial charge in [-0.3, -0.25) is 0 Å². The van der Waals surface area contributed by atoms with Crippen molar-refractivity contribution < 1.29 is 4.74 Å². The zero-order chi connectivity index (χ0) is 12.4. The van der Waals surface area contributed by atoms with Crippen molar-refractivity contribution in [2.45, 2.75) is 6.92 Å². The Morgan fingerprint density at radius 2 is 1.94 bits per heavy atom. The second-order valence-corrected chi connectivity index (χ2v) is 5.15. The predicted octanol–water partition coefficient (Wildman–Crippen LogP) is 3.68. The molecule has 1 aromatic carbocycles. The lowest BCUT2D eigenvalue weighted by Gasteiger charge is -2.08. The van der Waals surface area contributed by atoms with Crippen LogP contribution >= 0.6 is 31.9 Å². The first-order chi connectivity index (χ1) is 8.04. The highest BCUT2D eigenvalue weighted by Crippen LogP contribution is 2.31. The molecule has 0 radical (unpaired) electrons. The van der Waals surface area contributed by atoms with Crippen molar-refractivity contribution in [1.82, 2.24) is 9.97 Å². The Kier molecular flexibility index (Phi) is 3.63. The number of hydrogen-bond acceptors (Lipinski definition) is 4. The van der Waals surface area contributed by atoms with E-state index < -0.39 is 0 Å². The molecule has 0 aliphatic carbocycles. The third-order valence-electron chi connectivity index (χ3n) is 1.96. The standard InChI is InChI=1S/C11H9Br2N3O/c1-6-4-10(16-11(14)15-6)17-9-3-2-7(12)5-8(9)13/h2-5H,1H3,(H2,14,15,16). The van der Waals surface area contributed by atoms with Crippen molar-refractivity contribution >= 4 is 37.8 Å². The first-order valence-corrected chi connectivity index (χ1v) is 6.37.